The Labute approximate surface area is 213 Å². The maximum absolute atomic E-state index is 14.4. The molecule has 4 heterocycles. The zero-order chi connectivity index (χ0) is 23.9. The fraction of sp³-hybridized carbons (Fsp3) is 0.200. The Balaban J connectivity index is 1.34. The van der Waals surface area contributed by atoms with Crippen molar-refractivity contribution in [3.63, 3.8) is 0 Å². The number of anilines is 1. The van der Waals surface area contributed by atoms with Crippen molar-refractivity contribution in [1.82, 2.24) is 19.5 Å². The van der Waals surface area contributed by atoms with Crippen LogP contribution in [0.5, 0.6) is 5.88 Å². The Bertz CT molecular complexity index is 1460. The van der Waals surface area contributed by atoms with Crippen molar-refractivity contribution in [3.8, 4) is 17.5 Å². The normalized spacial score (nSPS) is 15.7. The summed E-state index contributed by atoms with van der Waals surface area (Å²) in [5, 5.41) is 15.7. The van der Waals surface area contributed by atoms with Crippen molar-refractivity contribution in [2.75, 3.05) is 31.1 Å². The number of aromatic nitrogens is 3. The van der Waals surface area contributed by atoms with Crippen molar-refractivity contribution < 1.29 is 13.9 Å². The summed E-state index contributed by atoms with van der Waals surface area (Å²) in [4.78, 5) is 10.3. The highest BCUT2D eigenvalue weighted by molar-refractivity contribution is 9.10. The molecule has 7 nitrogen and oxygen atoms in total. The van der Waals surface area contributed by atoms with Crippen molar-refractivity contribution in [1.29, 1.82) is 0 Å². The smallest absolute Gasteiger partial charge is 0.230 e. The second-order valence-corrected chi connectivity index (χ2v) is 10.3. The van der Waals surface area contributed by atoms with E-state index in [0.717, 1.165) is 14.9 Å². The number of aromatic hydroxyl groups is 1. The van der Waals surface area contributed by atoms with Gasteiger partial charge in [0.15, 0.2) is 5.76 Å². The molecule has 0 saturated carbocycles. The summed E-state index contributed by atoms with van der Waals surface area (Å²) in [5.41, 5.74) is 1.68. The van der Waals surface area contributed by atoms with Crippen LogP contribution in [0.2, 0.25) is 0 Å². The number of furan rings is 1. The second-order valence-electron chi connectivity index (χ2n) is 8.33. The Morgan fingerprint density at radius 1 is 1.00 bits per heavy atom. The van der Waals surface area contributed by atoms with Gasteiger partial charge in [-0.15, -0.1) is 5.10 Å². The average Bonchev–Trinajstić information content (AvgIpc) is 3.60. The molecule has 0 spiro atoms. The third-order valence-corrected chi connectivity index (χ3v) is 7.85. The number of halogens is 2. The van der Waals surface area contributed by atoms with Crippen LogP contribution in [0.25, 0.3) is 16.5 Å². The van der Waals surface area contributed by atoms with Gasteiger partial charge in [-0.1, -0.05) is 51.5 Å². The van der Waals surface area contributed by atoms with Gasteiger partial charge in [-0.05, 0) is 42.0 Å². The highest BCUT2D eigenvalue weighted by Gasteiger charge is 2.32. The summed E-state index contributed by atoms with van der Waals surface area (Å²) in [7, 11) is 0. The molecule has 0 unspecified atom stereocenters. The molecule has 3 aromatic heterocycles. The first-order valence-corrected chi connectivity index (χ1v) is 12.8. The maximum atomic E-state index is 14.4. The first-order valence-electron chi connectivity index (χ1n) is 11.2. The Morgan fingerprint density at radius 2 is 1.77 bits per heavy atom. The third kappa shape index (κ3) is 4.11. The van der Waals surface area contributed by atoms with E-state index >= 15 is 0 Å². The molecule has 35 heavy (non-hydrogen) atoms. The number of benzene rings is 2. The molecule has 0 aliphatic carbocycles. The minimum atomic E-state index is -0.207. The van der Waals surface area contributed by atoms with Crippen molar-refractivity contribution in [2.24, 2.45) is 0 Å². The molecule has 6 rings (SSSR count). The van der Waals surface area contributed by atoms with Gasteiger partial charge in [-0.3, -0.25) is 4.90 Å². The van der Waals surface area contributed by atoms with E-state index < -0.39 is 0 Å². The van der Waals surface area contributed by atoms with Crippen LogP contribution in [0, 0.1) is 5.82 Å². The van der Waals surface area contributed by atoms with Gasteiger partial charge in [0, 0.05) is 30.7 Å². The molecule has 0 radical (unpaired) electrons. The standard InChI is InChI=1S/C25H21BrFN5O2S/c26-17-9-7-16(8-10-17)21(31-13-11-30(12-14-31)19-5-2-1-4-18(19)27)22-24(33)32-25(35-22)28-23(29-32)20-6-3-15-34-20/h1-10,15,21,33H,11-14H2/t21-/m0/s1. The number of hydrogen-bond donors (Lipinski definition) is 1. The Morgan fingerprint density at radius 3 is 2.46 bits per heavy atom. The number of rotatable bonds is 5. The molecule has 0 amide bonds. The molecule has 1 aliphatic rings. The first kappa shape index (κ1) is 22.3. The lowest BCUT2D eigenvalue weighted by Crippen LogP contribution is -2.48. The number of fused-ring (bicyclic) bond motifs is 1. The van der Waals surface area contributed by atoms with Gasteiger partial charge in [0.25, 0.3) is 0 Å². The van der Waals surface area contributed by atoms with Gasteiger partial charge < -0.3 is 14.4 Å². The van der Waals surface area contributed by atoms with Gasteiger partial charge in [0.05, 0.1) is 22.9 Å². The van der Waals surface area contributed by atoms with Crippen LogP contribution in [0.15, 0.2) is 75.8 Å². The lowest BCUT2D eigenvalue weighted by Gasteiger charge is -2.40. The van der Waals surface area contributed by atoms with E-state index in [1.807, 2.05) is 24.3 Å². The maximum Gasteiger partial charge on any atom is 0.230 e. The number of para-hydroxylation sites is 1. The van der Waals surface area contributed by atoms with Crippen molar-refractivity contribution in [2.45, 2.75) is 6.04 Å². The summed E-state index contributed by atoms with van der Waals surface area (Å²) in [6.45, 7) is 2.77. The second kappa shape index (κ2) is 9.10. The Hall–Kier alpha value is -3.21. The van der Waals surface area contributed by atoms with E-state index in [1.165, 1.54) is 21.9 Å². The first-order chi connectivity index (χ1) is 17.1. The molecule has 1 N–H and O–H groups in total. The van der Waals surface area contributed by atoms with E-state index in [2.05, 4.69) is 47.9 Å². The van der Waals surface area contributed by atoms with Crippen molar-refractivity contribution in [3.05, 3.63) is 87.7 Å². The number of thiazole rings is 1. The molecule has 0 bridgehead atoms. The van der Waals surface area contributed by atoms with E-state index in [9.17, 15) is 9.50 Å². The monoisotopic (exact) mass is 553 g/mol. The largest absolute Gasteiger partial charge is 0.492 e. The summed E-state index contributed by atoms with van der Waals surface area (Å²) >= 11 is 4.93. The van der Waals surface area contributed by atoms with Crippen LogP contribution in [0.1, 0.15) is 16.5 Å². The fourth-order valence-corrected chi connectivity index (χ4v) is 5.92. The highest BCUT2D eigenvalue weighted by Crippen LogP contribution is 2.41. The minimum Gasteiger partial charge on any atom is -0.492 e. The third-order valence-electron chi connectivity index (χ3n) is 6.25. The summed E-state index contributed by atoms with van der Waals surface area (Å²) in [6, 6.07) is 18.4. The molecular weight excluding hydrogens is 533 g/mol. The van der Waals surface area contributed by atoms with Crippen LogP contribution in [-0.4, -0.2) is 50.8 Å². The summed E-state index contributed by atoms with van der Waals surface area (Å²) in [5.74, 6) is 0.845. The highest BCUT2D eigenvalue weighted by atomic mass is 79.9. The Kier molecular flexibility index (Phi) is 5.79. The molecular formula is C25H21BrFN5O2S. The topological polar surface area (TPSA) is 70.0 Å². The van der Waals surface area contributed by atoms with Crippen molar-refractivity contribution >= 4 is 37.9 Å². The molecule has 178 valence electrons. The van der Waals surface area contributed by atoms with Crippen LogP contribution in [-0.2, 0) is 0 Å². The zero-order valence-electron chi connectivity index (χ0n) is 18.5. The number of hydrogen-bond acceptors (Lipinski definition) is 7. The molecule has 5 aromatic rings. The SMILES string of the molecule is Oc1c([C@H](c2ccc(Br)cc2)N2CCN(c3ccccc3F)CC2)sc2nc(-c3ccco3)nn12. The van der Waals surface area contributed by atoms with Crippen LogP contribution in [0.4, 0.5) is 10.1 Å². The van der Waals surface area contributed by atoms with Crippen LogP contribution in [0.3, 0.4) is 0 Å². The van der Waals surface area contributed by atoms with Gasteiger partial charge in [0.1, 0.15) is 5.82 Å². The van der Waals surface area contributed by atoms with Crippen LogP contribution >= 0.6 is 27.3 Å². The molecule has 1 atom stereocenters. The molecule has 10 heteroatoms. The predicted molar refractivity (Wildman–Crippen MR) is 136 cm³/mol. The van der Waals surface area contributed by atoms with E-state index in [1.54, 1.807) is 24.5 Å². The predicted octanol–water partition coefficient (Wildman–Crippen LogP) is 5.57. The van der Waals surface area contributed by atoms with Gasteiger partial charge in [-0.2, -0.15) is 9.50 Å². The lowest BCUT2D eigenvalue weighted by molar-refractivity contribution is 0.210. The summed E-state index contributed by atoms with van der Waals surface area (Å²) < 4.78 is 22.2. The van der Waals surface area contributed by atoms with Crippen LogP contribution < -0.4 is 4.90 Å². The molecule has 1 aliphatic heterocycles. The number of piperazine rings is 1. The molecule has 2 aromatic carbocycles. The fourth-order valence-electron chi connectivity index (χ4n) is 4.54. The van der Waals surface area contributed by atoms with E-state index in [0.29, 0.717) is 48.4 Å². The zero-order valence-corrected chi connectivity index (χ0v) is 20.9. The average molecular weight is 554 g/mol. The van der Waals surface area contributed by atoms with E-state index in [4.69, 9.17) is 4.42 Å². The summed E-state index contributed by atoms with van der Waals surface area (Å²) in [6.07, 6.45) is 1.57. The van der Waals surface area contributed by atoms with E-state index in [-0.39, 0.29) is 17.7 Å². The minimum absolute atomic E-state index is 0.0692. The van der Waals surface area contributed by atoms with Gasteiger partial charge >= 0.3 is 0 Å². The molecule has 1 saturated heterocycles. The number of nitrogens with zero attached hydrogens (tertiary/aromatic N) is 5. The quantitative estimate of drug-likeness (QED) is 0.307. The molecule has 1 fully saturated rings. The van der Waals surface area contributed by atoms with Gasteiger partial charge in [0.2, 0.25) is 16.7 Å². The van der Waals surface area contributed by atoms with Gasteiger partial charge in [-0.25, -0.2) is 4.39 Å². The lowest BCUT2D eigenvalue weighted by atomic mass is 10.0.